The van der Waals surface area contributed by atoms with Gasteiger partial charge in [-0.25, -0.2) is 0 Å². The topological polar surface area (TPSA) is 40.4 Å². The first-order chi connectivity index (χ1) is 11.7. The zero-order valence-corrected chi connectivity index (χ0v) is 14.3. The van der Waals surface area contributed by atoms with Crippen molar-refractivity contribution in [1.82, 2.24) is 14.8 Å². The summed E-state index contributed by atoms with van der Waals surface area (Å²) in [5.41, 5.74) is 2.27. The van der Waals surface area contributed by atoms with Crippen LogP contribution in [-0.4, -0.2) is 53.4 Å². The molecule has 24 heavy (non-hydrogen) atoms. The summed E-state index contributed by atoms with van der Waals surface area (Å²) >= 11 is 6.19. The van der Waals surface area contributed by atoms with Gasteiger partial charge in [-0.3, -0.25) is 4.90 Å². The van der Waals surface area contributed by atoms with Crippen molar-refractivity contribution in [2.75, 3.05) is 32.7 Å². The van der Waals surface area contributed by atoms with Crippen LogP contribution < -0.4 is 5.32 Å². The van der Waals surface area contributed by atoms with Crippen LogP contribution >= 0.6 is 11.6 Å². The molecule has 2 aromatic carbocycles. The van der Waals surface area contributed by atoms with E-state index in [-0.39, 0.29) is 0 Å². The third kappa shape index (κ3) is 3.03. The van der Waals surface area contributed by atoms with Crippen molar-refractivity contribution in [2.45, 2.75) is 12.6 Å². The molecule has 1 fully saturated rings. The maximum Gasteiger partial charge on any atom is 0.0845 e. The summed E-state index contributed by atoms with van der Waals surface area (Å²) in [6.07, 6.45) is -0.391. The summed E-state index contributed by atoms with van der Waals surface area (Å²) in [7, 11) is 0. The summed E-state index contributed by atoms with van der Waals surface area (Å²) in [5.74, 6) is 0. The molecule has 1 atom stereocenters. The maximum atomic E-state index is 10.6. The molecule has 4 rings (SSSR count). The largest absolute Gasteiger partial charge is 0.390 e. The standard InChI is InChI=1S/C19H22ClN3O/c20-14-5-6-19-17(11-14)16-3-1-2-4-18(16)23(19)13-15(24)12-22-9-7-21-8-10-22/h1-6,11,15,21,24H,7-10,12-13H2. The van der Waals surface area contributed by atoms with Crippen LogP contribution in [0.5, 0.6) is 0 Å². The Morgan fingerprint density at radius 3 is 2.58 bits per heavy atom. The van der Waals surface area contributed by atoms with Gasteiger partial charge in [-0.15, -0.1) is 0 Å². The lowest BCUT2D eigenvalue weighted by Gasteiger charge is -2.29. The average molecular weight is 344 g/mol. The van der Waals surface area contributed by atoms with E-state index in [0.29, 0.717) is 13.1 Å². The fraction of sp³-hybridized carbons (Fsp3) is 0.368. The summed E-state index contributed by atoms with van der Waals surface area (Å²) < 4.78 is 2.22. The van der Waals surface area contributed by atoms with Crippen molar-refractivity contribution >= 4 is 33.4 Å². The second-order valence-corrected chi connectivity index (χ2v) is 6.93. The molecule has 5 heteroatoms. The number of piperazine rings is 1. The van der Waals surface area contributed by atoms with Crippen molar-refractivity contribution in [1.29, 1.82) is 0 Å². The van der Waals surface area contributed by atoms with Gasteiger partial charge >= 0.3 is 0 Å². The Morgan fingerprint density at radius 1 is 1.00 bits per heavy atom. The SMILES string of the molecule is OC(CN1CCNCC1)Cn1c2ccccc2c2cc(Cl)ccc21. The molecule has 1 saturated heterocycles. The molecular weight excluding hydrogens is 322 g/mol. The molecule has 0 aliphatic carbocycles. The fourth-order valence-corrected chi connectivity index (χ4v) is 3.85. The van der Waals surface area contributed by atoms with E-state index in [1.54, 1.807) is 0 Å². The minimum Gasteiger partial charge on any atom is -0.390 e. The van der Waals surface area contributed by atoms with Crippen molar-refractivity contribution < 1.29 is 5.11 Å². The van der Waals surface area contributed by atoms with E-state index in [1.807, 2.05) is 24.3 Å². The first-order valence-electron chi connectivity index (χ1n) is 8.50. The fourth-order valence-electron chi connectivity index (χ4n) is 3.68. The van der Waals surface area contributed by atoms with Gasteiger partial charge < -0.3 is 15.0 Å². The third-order valence-electron chi connectivity index (χ3n) is 4.81. The number of hydrogen-bond acceptors (Lipinski definition) is 3. The number of nitrogens with one attached hydrogen (secondary N) is 1. The van der Waals surface area contributed by atoms with Crippen LogP contribution in [0.3, 0.4) is 0 Å². The lowest BCUT2D eigenvalue weighted by molar-refractivity contribution is 0.0936. The zero-order chi connectivity index (χ0) is 16.5. The number of halogens is 1. The van der Waals surface area contributed by atoms with Crippen LogP contribution in [-0.2, 0) is 6.54 Å². The first-order valence-corrected chi connectivity index (χ1v) is 8.88. The van der Waals surface area contributed by atoms with E-state index in [4.69, 9.17) is 11.6 Å². The van der Waals surface area contributed by atoms with E-state index < -0.39 is 6.10 Å². The Bertz CT molecular complexity index is 854. The van der Waals surface area contributed by atoms with Gasteiger partial charge in [0.15, 0.2) is 0 Å². The molecule has 0 bridgehead atoms. The normalized spacial score (nSPS) is 17.6. The monoisotopic (exact) mass is 343 g/mol. The number of benzene rings is 2. The quantitative estimate of drug-likeness (QED) is 0.765. The molecule has 2 N–H and O–H groups in total. The predicted molar refractivity (Wildman–Crippen MR) is 99.8 cm³/mol. The van der Waals surface area contributed by atoms with Crippen LogP contribution in [0, 0.1) is 0 Å². The highest BCUT2D eigenvalue weighted by Gasteiger charge is 2.17. The number of rotatable bonds is 4. The second-order valence-electron chi connectivity index (χ2n) is 6.49. The molecule has 0 amide bonds. The Balaban J connectivity index is 1.67. The van der Waals surface area contributed by atoms with E-state index in [9.17, 15) is 5.11 Å². The van der Waals surface area contributed by atoms with E-state index in [0.717, 1.165) is 47.6 Å². The highest BCUT2D eigenvalue weighted by Crippen LogP contribution is 2.31. The smallest absolute Gasteiger partial charge is 0.0845 e. The molecule has 0 saturated carbocycles. The molecule has 0 radical (unpaired) electrons. The molecule has 3 aromatic rings. The molecule has 2 heterocycles. The molecule has 126 valence electrons. The molecule has 1 unspecified atom stereocenters. The van der Waals surface area contributed by atoms with E-state index in [1.165, 1.54) is 5.39 Å². The Hall–Kier alpha value is -1.59. The Labute approximate surface area is 146 Å². The molecule has 4 nitrogen and oxygen atoms in total. The number of hydrogen-bond donors (Lipinski definition) is 2. The summed E-state index contributed by atoms with van der Waals surface area (Å²) in [5, 5.41) is 17.1. The number of para-hydroxylation sites is 1. The first kappa shape index (κ1) is 15.9. The average Bonchev–Trinajstić information content (AvgIpc) is 2.89. The number of β-amino-alcohol motifs (C(OH)–C–C–N with tert-alkyl or cyclic N) is 1. The maximum absolute atomic E-state index is 10.6. The molecule has 1 aliphatic heterocycles. The summed E-state index contributed by atoms with van der Waals surface area (Å²) in [6, 6.07) is 14.3. The van der Waals surface area contributed by atoms with Gasteiger partial charge in [0.05, 0.1) is 12.6 Å². The van der Waals surface area contributed by atoms with Crippen LogP contribution in [0.4, 0.5) is 0 Å². The number of fused-ring (bicyclic) bond motifs is 3. The molecule has 1 aliphatic rings. The third-order valence-corrected chi connectivity index (χ3v) is 5.04. The van der Waals surface area contributed by atoms with Crippen molar-refractivity contribution in [3.63, 3.8) is 0 Å². The zero-order valence-electron chi connectivity index (χ0n) is 13.6. The van der Waals surface area contributed by atoms with Gasteiger partial charge in [0.25, 0.3) is 0 Å². The van der Waals surface area contributed by atoms with Gasteiger partial charge in [-0.05, 0) is 24.3 Å². The predicted octanol–water partition coefficient (Wildman–Crippen LogP) is 2.71. The highest BCUT2D eigenvalue weighted by atomic mass is 35.5. The van der Waals surface area contributed by atoms with Gasteiger partial charge in [-0.1, -0.05) is 29.8 Å². The van der Waals surface area contributed by atoms with Crippen molar-refractivity contribution in [3.8, 4) is 0 Å². The van der Waals surface area contributed by atoms with Crippen LogP contribution in [0.1, 0.15) is 0 Å². The minimum absolute atomic E-state index is 0.391. The van der Waals surface area contributed by atoms with E-state index >= 15 is 0 Å². The lowest BCUT2D eigenvalue weighted by atomic mass is 10.2. The Kier molecular flexibility index (Phi) is 4.46. The van der Waals surface area contributed by atoms with Gasteiger partial charge in [0, 0.05) is 59.6 Å². The number of nitrogens with zero attached hydrogens (tertiary/aromatic N) is 2. The minimum atomic E-state index is -0.391. The van der Waals surface area contributed by atoms with Crippen molar-refractivity contribution in [3.05, 3.63) is 47.5 Å². The van der Waals surface area contributed by atoms with Crippen LogP contribution in [0.25, 0.3) is 21.8 Å². The lowest BCUT2D eigenvalue weighted by Crippen LogP contribution is -2.46. The van der Waals surface area contributed by atoms with Gasteiger partial charge in [0.2, 0.25) is 0 Å². The van der Waals surface area contributed by atoms with Crippen LogP contribution in [0.15, 0.2) is 42.5 Å². The number of aliphatic hydroxyl groups is 1. The molecular formula is C19H22ClN3O. The Morgan fingerprint density at radius 2 is 1.75 bits per heavy atom. The summed E-state index contributed by atoms with van der Waals surface area (Å²) in [4.78, 5) is 2.33. The molecule has 0 spiro atoms. The van der Waals surface area contributed by atoms with Gasteiger partial charge in [-0.2, -0.15) is 0 Å². The van der Waals surface area contributed by atoms with E-state index in [2.05, 4.69) is 33.0 Å². The second kappa shape index (κ2) is 6.73. The number of aliphatic hydroxyl groups excluding tert-OH is 1. The molecule has 1 aromatic heterocycles. The van der Waals surface area contributed by atoms with Crippen molar-refractivity contribution in [2.24, 2.45) is 0 Å². The van der Waals surface area contributed by atoms with Gasteiger partial charge in [0.1, 0.15) is 0 Å². The summed E-state index contributed by atoms with van der Waals surface area (Å²) in [6.45, 7) is 5.31. The number of aromatic nitrogens is 1. The van der Waals surface area contributed by atoms with Crippen LogP contribution in [0.2, 0.25) is 5.02 Å². The highest BCUT2D eigenvalue weighted by molar-refractivity contribution is 6.31.